The monoisotopic (exact) mass is 377 g/mol. The molecule has 2 atom stereocenters. The normalized spacial score (nSPS) is 20.4. The number of rotatable bonds is 4. The summed E-state index contributed by atoms with van der Waals surface area (Å²) in [6.07, 6.45) is 1.78. The molecule has 120 valence electrons. The van der Waals surface area contributed by atoms with Crippen LogP contribution in [0.3, 0.4) is 0 Å². The van der Waals surface area contributed by atoms with Gasteiger partial charge < -0.3 is 10.4 Å². The Morgan fingerprint density at radius 2 is 2.00 bits per heavy atom. The third-order valence-electron chi connectivity index (χ3n) is 4.08. The number of hydrogen-bond acceptors (Lipinski definition) is 3. The van der Waals surface area contributed by atoms with E-state index in [1.807, 2.05) is 24.3 Å². The van der Waals surface area contributed by atoms with Gasteiger partial charge in [0.05, 0.1) is 11.6 Å². The number of halogens is 1. The number of amides is 1. The minimum Gasteiger partial charge on any atom is -0.481 e. The summed E-state index contributed by atoms with van der Waals surface area (Å²) >= 11 is 3.38. The molecule has 3 rings (SSSR count). The van der Waals surface area contributed by atoms with Crippen molar-refractivity contribution in [3.63, 3.8) is 0 Å². The molecule has 1 fully saturated rings. The van der Waals surface area contributed by atoms with Gasteiger partial charge in [0.2, 0.25) is 0 Å². The Morgan fingerprint density at radius 3 is 2.65 bits per heavy atom. The molecule has 0 bridgehead atoms. The standard InChI is InChI=1S/C16H16BrN3O3/c17-11-4-1-9(2-5-11)13-8-14(20-19-13)15(21)18-12-6-3-10(7-12)16(22)23/h1-2,4-5,8,10,12H,3,6-7H2,(H,18,21)(H,19,20)(H,22,23)/t10-,12+/m1/s1. The van der Waals surface area contributed by atoms with Gasteiger partial charge in [-0.05, 0) is 37.5 Å². The van der Waals surface area contributed by atoms with E-state index in [0.717, 1.165) is 10.0 Å². The molecule has 1 aliphatic carbocycles. The highest BCUT2D eigenvalue weighted by atomic mass is 79.9. The Bertz CT molecular complexity index is 726. The smallest absolute Gasteiger partial charge is 0.306 e. The van der Waals surface area contributed by atoms with Crippen LogP contribution in [-0.2, 0) is 4.79 Å². The highest BCUT2D eigenvalue weighted by Gasteiger charge is 2.30. The molecule has 0 saturated heterocycles. The van der Waals surface area contributed by atoms with E-state index in [1.165, 1.54) is 0 Å². The second kappa shape index (κ2) is 6.54. The number of H-pyrrole nitrogens is 1. The average Bonchev–Trinajstić information content (AvgIpc) is 3.17. The van der Waals surface area contributed by atoms with Crippen LogP contribution in [0.4, 0.5) is 0 Å². The molecule has 0 radical (unpaired) electrons. The van der Waals surface area contributed by atoms with Gasteiger partial charge in [-0.2, -0.15) is 5.10 Å². The van der Waals surface area contributed by atoms with Crippen molar-refractivity contribution >= 4 is 27.8 Å². The first-order chi connectivity index (χ1) is 11.0. The first kappa shape index (κ1) is 15.7. The van der Waals surface area contributed by atoms with Crippen LogP contribution in [0.2, 0.25) is 0 Å². The predicted molar refractivity (Wildman–Crippen MR) is 88.0 cm³/mol. The van der Waals surface area contributed by atoms with Gasteiger partial charge in [0.1, 0.15) is 5.69 Å². The Kier molecular flexibility index (Phi) is 4.47. The summed E-state index contributed by atoms with van der Waals surface area (Å²) in [5.74, 6) is -1.40. The molecule has 6 nitrogen and oxygen atoms in total. The second-order valence-electron chi connectivity index (χ2n) is 5.69. The van der Waals surface area contributed by atoms with Crippen LogP contribution in [0.1, 0.15) is 29.8 Å². The number of carboxylic acids is 1. The highest BCUT2D eigenvalue weighted by molar-refractivity contribution is 9.10. The molecule has 0 aliphatic heterocycles. The number of hydrogen-bond donors (Lipinski definition) is 3. The fraction of sp³-hybridized carbons (Fsp3) is 0.312. The topological polar surface area (TPSA) is 95.1 Å². The minimum absolute atomic E-state index is 0.0944. The number of nitrogens with zero attached hydrogens (tertiary/aromatic N) is 1. The SMILES string of the molecule is O=C(N[C@H]1CC[C@@H](C(=O)O)C1)c1cc(-c2ccc(Br)cc2)n[nH]1. The number of carbonyl (C=O) groups is 2. The van der Waals surface area contributed by atoms with E-state index in [4.69, 9.17) is 5.11 Å². The molecule has 1 aromatic heterocycles. The lowest BCUT2D eigenvalue weighted by Crippen LogP contribution is -2.33. The van der Waals surface area contributed by atoms with Crippen molar-refractivity contribution in [2.24, 2.45) is 5.92 Å². The van der Waals surface area contributed by atoms with Gasteiger partial charge in [0, 0.05) is 16.1 Å². The molecule has 7 heteroatoms. The van der Waals surface area contributed by atoms with Crippen LogP contribution in [0, 0.1) is 5.92 Å². The summed E-state index contributed by atoms with van der Waals surface area (Å²) in [5, 5.41) is 18.8. The predicted octanol–water partition coefficient (Wildman–Crippen LogP) is 2.82. The molecule has 1 aliphatic rings. The Morgan fingerprint density at radius 1 is 1.26 bits per heavy atom. The van der Waals surface area contributed by atoms with Gasteiger partial charge in [0.25, 0.3) is 5.91 Å². The third kappa shape index (κ3) is 3.61. The lowest BCUT2D eigenvalue weighted by atomic mass is 10.1. The maximum atomic E-state index is 12.2. The van der Waals surface area contributed by atoms with Crippen molar-refractivity contribution in [3.8, 4) is 11.3 Å². The molecule has 3 N–H and O–H groups in total. The number of aliphatic carboxylic acids is 1. The number of carboxylic acid groups (broad SMARTS) is 1. The van der Waals surface area contributed by atoms with Crippen molar-refractivity contribution in [3.05, 3.63) is 40.5 Å². The Hall–Kier alpha value is -2.15. The summed E-state index contributed by atoms with van der Waals surface area (Å²) in [5.41, 5.74) is 1.98. The maximum absolute atomic E-state index is 12.2. The van der Waals surface area contributed by atoms with Crippen molar-refractivity contribution in [2.75, 3.05) is 0 Å². The number of aromatic nitrogens is 2. The summed E-state index contributed by atoms with van der Waals surface area (Å²) in [6.45, 7) is 0. The summed E-state index contributed by atoms with van der Waals surface area (Å²) in [6, 6.07) is 9.25. The average molecular weight is 378 g/mol. The van der Waals surface area contributed by atoms with Gasteiger partial charge in [-0.25, -0.2) is 0 Å². The van der Waals surface area contributed by atoms with Crippen LogP contribution in [0.5, 0.6) is 0 Å². The van der Waals surface area contributed by atoms with Crippen LogP contribution < -0.4 is 5.32 Å². The first-order valence-corrected chi connectivity index (χ1v) is 8.17. The summed E-state index contributed by atoms with van der Waals surface area (Å²) in [4.78, 5) is 23.2. The Labute approximate surface area is 141 Å². The van der Waals surface area contributed by atoms with E-state index in [0.29, 0.717) is 30.7 Å². The van der Waals surface area contributed by atoms with Crippen molar-refractivity contribution in [1.29, 1.82) is 0 Å². The largest absolute Gasteiger partial charge is 0.481 e. The molecule has 2 aromatic rings. The number of carbonyl (C=O) groups excluding carboxylic acids is 1. The van der Waals surface area contributed by atoms with Crippen molar-refractivity contribution in [2.45, 2.75) is 25.3 Å². The lowest BCUT2D eigenvalue weighted by molar-refractivity contribution is -0.141. The fourth-order valence-electron chi connectivity index (χ4n) is 2.81. The molecular formula is C16H16BrN3O3. The van der Waals surface area contributed by atoms with Crippen LogP contribution >= 0.6 is 15.9 Å². The zero-order valence-electron chi connectivity index (χ0n) is 12.3. The molecule has 1 aromatic carbocycles. The molecule has 1 heterocycles. The van der Waals surface area contributed by atoms with Gasteiger partial charge >= 0.3 is 5.97 Å². The van der Waals surface area contributed by atoms with Crippen molar-refractivity contribution in [1.82, 2.24) is 15.5 Å². The number of benzene rings is 1. The van der Waals surface area contributed by atoms with E-state index in [2.05, 4.69) is 31.4 Å². The quantitative estimate of drug-likeness (QED) is 0.763. The minimum atomic E-state index is -0.791. The van der Waals surface area contributed by atoms with E-state index in [1.54, 1.807) is 6.07 Å². The molecular weight excluding hydrogens is 362 g/mol. The zero-order chi connectivity index (χ0) is 16.4. The summed E-state index contributed by atoms with van der Waals surface area (Å²) in [7, 11) is 0. The van der Waals surface area contributed by atoms with Gasteiger partial charge in [0.15, 0.2) is 0 Å². The number of nitrogens with one attached hydrogen (secondary N) is 2. The fourth-order valence-corrected chi connectivity index (χ4v) is 3.07. The second-order valence-corrected chi connectivity index (χ2v) is 6.61. The van der Waals surface area contributed by atoms with Gasteiger partial charge in [-0.3, -0.25) is 14.7 Å². The first-order valence-electron chi connectivity index (χ1n) is 7.38. The van der Waals surface area contributed by atoms with Crippen LogP contribution in [0.25, 0.3) is 11.3 Å². The zero-order valence-corrected chi connectivity index (χ0v) is 13.8. The van der Waals surface area contributed by atoms with Crippen LogP contribution in [-0.4, -0.2) is 33.2 Å². The van der Waals surface area contributed by atoms with Gasteiger partial charge in [-0.15, -0.1) is 0 Å². The van der Waals surface area contributed by atoms with Crippen molar-refractivity contribution < 1.29 is 14.7 Å². The molecule has 1 saturated carbocycles. The van der Waals surface area contributed by atoms with E-state index >= 15 is 0 Å². The number of aromatic amines is 1. The van der Waals surface area contributed by atoms with E-state index in [9.17, 15) is 9.59 Å². The molecule has 1 amide bonds. The lowest BCUT2D eigenvalue weighted by Gasteiger charge is -2.11. The third-order valence-corrected chi connectivity index (χ3v) is 4.61. The van der Waals surface area contributed by atoms with E-state index in [-0.39, 0.29) is 17.9 Å². The van der Waals surface area contributed by atoms with E-state index < -0.39 is 5.97 Å². The molecule has 0 unspecified atom stereocenters. The molecule has 23 heavy (non-hydrogen) atoms. The highest BCUT2D eigenvalue weighted by Crippen LogP contribution is 2.26. The molecule has 0 spiro atoms. The maximum Gasteiger partial charge on any atom is 0.306 e. The Balaban J connectivity index is 1.65. The van der Waals surface area contributed by atoms with Crippen LogP contribution in [0.15, 0.2) is 34.8 Å². The van der Waals surface area contributed by atoms with Gasteiger partial charge in [-0.1, -0.05) is 28.1 Å². The summed E-state index contributed by atoms with van der Waals surface area (Å²) < 4.78 is 0.976.